The molecule has 0 aliphatic heterocycles. The van der Waals surface area contributed by atoms with Crippen LogP contribution in [0.2, 0.25) is 0 Å². The number of carbonyl (C=O) groups is 1. The Labute approximate surface area is 133 Å². The molecule has 0 radical (unpaired) electrons. The second-order valence-corrected chi connectivity index (χ2v) is 5.25. The summed E-state index contributed by atoms with van der Waals surface area (Å²) >= 11 is 0. The van der Waals surface area contributed by atoms with Gasteiger partial charge < -0.3 is 9.26 Å². The smallest absolute Gasteiger partial charge is 0.258 e. The standard InChI is InChI=1S/C18H16N2O3/c1-12-3-5-15(6-4-12)18-19-17(20-23-18)11-22-16-9-7-14(8-10-16)13(2)21/h3-10H,11H2,1-2H3. The molecular weight excluding hydrogens is 292 g/mol. The number of nitrogens with zero attached hydrogens (tertiary/aromatic N) is 2. The summed E-state index contributed by atoms with van der Waals surface area (Å²) in [5.41, 5.74) is 2.70. The van der Waals surface area contributed by atoms with Gasteiger partial charge in [0.2, 0.25) is 5.82 Å². The van der Waals surface area contributed by atoms with Crippen molar-refractivity contribution in [2.24, 2.45) is 0 Å². The molecule has 2 aromatic carbocycles. The van der Waals surface area contributed by atoms with Crippen LogP contribution in [0.5, 0.6) is 5.75 Å². The Kier molecular flexibility index (Phi) is 4.19. The van der Waals surface area contributed by atoms with E-state index >= 15 is 0 Å². The number of carbonyl (C=O) groups excluding carboxylic acids is 1. The van der Waals surface area contributed by atoms with Gasteiger partial charge in [0.15, 0.2) is 12.4 Å². The van der Waals surface area contributed by atoms with Crippen molar-refractivity contribution in [1.82, 2.24) is 10.1 Å². The van der Waals surface area contributed by atoms with Gasteiger partial charge in [0.05, 0.1) is 0 Å². The van der Waals surface area contributed by atoms with Crippen LogP contribution in [-0.4, -0.2) is 15.9 Å². The summed E-state index contributed by atoms with van der Waals surface area (Å²) in [6.45, 7) is 3.75. The highest BCUT2D eigenvalue weighted by Crippen LogP contribution is 2.18. The van der Waals surface area contributed by atoms with Crippen molar-refractivity contribution in [3.63, 3.8) is 0 Å². The van der Waals surface area contributed by atoms with Crippen molar-refractivity contribution in [2.75, 3.05) is 0 Å². The minimum atomic E-state index is 0.0254. The van der Waals surface area contributed by atoms with Gasteiger partial charge in [0, 0.05) is 11.1 Å². The number of hydrogen-bond donors (Lipinski definition) is 0. The van der Waals surface area contributed by atoms with Crippen LogP contribution >= 0.6 is 0 Å². The quantitative estimate of drug-likeness (QED) is 0.670. The first-order valence-corrected chi connectivity index (χ1v) is 7.25. The van der Waals surface area contributed by atoms with E-state index in [1.165, 1.54) is 12.5 Å². The van der Waals surface area contributed by atoms with Gasteiger partial charge >= 0.3 is 0 Å². The van der Waals surface area contributed by atoms with Crippen LogP contribution in [-0.2, 0) is 6.61 Å². The summed E-state index contributed by atoms with van der Waals surface area (Å²) in [6, 6.07) is 14.8. The molecule has 3 rings (SSSR count). The lowest BCUT2D eigenvalue weighted by molar-refractivity contribution is 0.101. The van der Waals surface area contributed by atoms with E-state index in [1.54, 1.807) is 24.3 Å². The van der Waals surface area contributed by atoms with E-state index in [9.17, 15) is 4.79 Å². The number of aryl methyl sites for hydroxylation is 1. The van der Waals surface area contributed by atoms with Gasteiger partial charge in [0.25, 0.3) is 5.89 Å². The molecule has 0 saturated carbocycles. The lowest BCUT2D eigenvalue weighted by Crippen LogP contribution is -1.98. The van der Waals surface area contributed by atoms with Gasteiger partial charge in [0.1, 0.15) is 5.75 Å². The van der Waals surface area contributed by atoms with Crippen molar-refractivity contribution in [3.8, 4) is 17.2 Å². The monoisotopic (exact) mass is 308 g/mol. The number of ether oxygens (including phenoxy) is 1. The summed E-state index contributed by atoms with van der Waals surface area (Å²) in [7, 11) is 0. The topological polar surface area (TPSA) is 65.2 Å². The second-order valence-electron chi connectivity index (χ2n) is 5.25. The fourth-order valence-electron chi connectivity index (χ4n) is 2.06. The predicted molar refractivity (Wildman–Crippen MR) is 85.2 cm³/mol. The largest absolute Gasteiger partial charge is 0.485 e. The maximum Gasteiger partial charge on any atom is 0.258 e. The van der Waals surface area contributed by atoms with Gasteiger partial charge in [-0.25, -0.2) is 0 Å². The van der Waals surface area contributed by atoms with Gasteiger partial charge in [-0.3, -0.25) is 4.79 Å². The van der Waals surface area contributed by atoms with Gasteiger partial charge in [-0.15, -0.1) is 0 Å². The highest BCUT2D eigenvalue weighted by atomic mass is 16.5. The number of rotatable bonds is 5. The average Bonchev–Trinajstić information content (AvgIpc) is 3.03. The average molecular weight is 308 g/mol. The molecule has 23 heavy (non-hydrogen) atoms. The summed E-state index contributed by atoms with van der Waals surface area (Å²) in [5, 5.41) is 3.91. The molecule has 0 unspecified atom stereocenters. The van der Waals surface area contributed by atoms with Crippen LogP contribution in [0.1, 0.15) is 28.7 Å². The van der Waals surface area contributed by atoms with E-state index in [0.717, 1.165) is 5.56 Å². The van der Waals surface area contributed by atoms with Gasteiger partial charge in [-0.05, 0) is 50.2 Å². The normalized spacial score (nSPS) is 10.5. The molecule has 0 bridgehead atoms. The van der Waals surface area contributed by atoms with E-state index in [-0.39, 0.29) is 12.4 Å². The third kappa shape index (κ3) is 3.63. The van der Waals surface area contributed by atoms with E-state index in [0.29, 0.717) is 23.0 Å². The van der Waals surface area contributed by atoms with E-state index in [1.807, 2.05) is 31.2 Å². The van der Waals surface area contributed by atoms with Crippen molar-refractivity contribution in [1.29, 1.82) is 0 Å². The SMILES string of the molecule is CC(=O)c1ccc(OCc2noc(-c3ccc(C)cc3)n2)cc1. The van der Waals surface area contributed by atoms with E-state index < -0.39 is 0 Å². The van der Waals surface area contributed by atoms with Crippen LogP contribution in [0.4, 0.5) is 0 Å². The fraction of sp³-hybridized carbons (Fsp3) is 0.167. The zero-order valence-corrected chi connectivity index (χ0v) is 12.9. The number of ketones is 1. The van der Waals surface area contributed by atoms with Gasteiger partial charge in [-0.2, -0.15) is 4.98 Å². The van der Waals surface area contributed by atoms with Crippen molar-refractivity contribution in [2.45, 2.75) is 20.5 Å². The molecule has 0 spiro atoms. The molecular formula is C18H16N2O3. The molecule has 0 aliphatic carbocycles. The molecule has 0 saturated heterocycles. The van der Waals surface area contributed by atoms with Crippen LogP contribution in [0.25, 0.3) is 11.5 Å². The maximum absolute atomic E-state index is 11.2. The third-order valence-electron chi connectivity index (χ3n) is 3.40. The molecule has 3 aromatic rings. The van der Waals surface area contributed by atoms with Crippen molar-refractivity contribution < 1.29 is 14.1 Å². The summed E-state index contributed by atoms with van der Waals surface area (Å²) < 4.78 is 10.8. The minimum absolute atomic E-state index is 0.0254. The molecule has 1 heterocycles. The number of aromatic nitrogens is 2. The first-order valence-electron chi connectivity index (χ1n) is 7.25. The van der Waals surface area contributed by atoms with Crippen LogP contribution in [0.15, 0.2) is 53.1 Å². The van der Waals surface area contributed by atoms with Gasteiger partial charge in [-0.1, -0.05) is 22.9 Å². The molecule has 1 aromatic heterocycles. The zero-order chi connectivity index (χ0) is 16.2. The predicted octanol–water partition coefficient (Wildman–Crippen LogP) is 3.83. The molecule has 0 aliphatic rings. The first-order chi connectivity index (χ1) is 11.1. The van der Waals surface area contributed by atoms with Crippen molar-refractivity contribution in [3.05, 3.63) is 65.5 Å². The Morgan fingerprint density at radius 1 is 1.09 bits per heavy atom. The van der Waals surface area contributed by atoms with E-state index in [2.05, 4.69) is 10.1 Å². The molecule has 0 amide bonds. The molecule has 0 atom stereocenters. The highest BCUT2D eigenvalue weighted by Gasteiger charge is 2.09. The molecule has 5 heteroatoms. The molecule has 116 valence electrons. The Balaban J connectivity index is 1.65. The molecule has 0 N–H and O–H groups in total. The highest BCUT2D eigenvalue weighted by molar-refractivity contribution is 5.94. The maximum atomic E-state index is 11.2. The number of benzene rings is 2. The Bertz CT molecular complexity index is 805. The first kappa shape index (κ1) is 15.0. The lowest BCUT2D eigenvalue weighted by atomic mass is 10.1. The zero-order valence-electron chi connectivity index (χ0n) is 12.9. The molecule has 5 nitrogen and oxygen atoms in total. The number of hydrogen-bond acceptors (Lipinski definition) is 5. The van der Waals surface area contributed by atoms with Crippen LogP contribution < -0.4 is 4.74 Å². The minimum Gasteiger partial charge on any atom is -0.485 e. The Morgan fingerprint density at radius 3 is 2.43 bits per heavy atom. The second kappa shape index (κ2) is 6.44. The lowest BCUT2D eigenvalue weighted by Gasteiger charge is -2.03. The van der Waals surface area contributed by atoms with Crippen LogP contribution in [0, 0.1) is 6.92 Å². The Hall–Kier alpha value is -2.95. The number of Topliss-reactive ketones (excluding diaryl/α,β-unsaturated/α-hetero) is 1. The van der Waals surface area contributed by atoms with Crippen molar-refractivity contribution >= 4 is 5.78 Å². The summed E-state index contributed by atoms with van der Waals surface area (Å²) in [5.74, 6) is 1.61. The van der Waals surface area contributed by atoms with E-state index in [4.69, 9.17) is 9.26 Å². The Morgan fingerprint density at radius 2 is 1.78 bits per heavy atom. The summed E-state index contributed by atoms with van der Waals surface area (Å²) in [6.07, 6.45) is 0. The molecule has 0 fully saturated rings. The summed E-state index contributed by atoms with van der Waals surface area (Å²) in [4.78, 5) is 15.5. The fourth-order valence-corrected chi connectivity index (χ4v) is 2.06. The van der Waals surface area contributed by atoms with Crippen LogP contribution in [0.3, 0.4) is 0 Å². The third-order valence-corrected chi connectivity index (χ3v) is 3.40.